The van der Waals surface area contributed by atoms with E-state index in [-0.39, 0.29) is 12.0 Å². The molecule has 0 bridgehead atoms. The van der Waals surface area contributed by atoms with E-state index < -0.39 is 17.7 Å². The van der Waals surface area contributed by atoms with Gasteiger partial charge in [0.25, 0.3) is 0 Å². The lowest BCUT2D eigenvalue weighted by molar-refractivity contribution is 0.462. The van der Waals surface area contributed by atoms with Gasteiger partial charge in [-0.15, -0.1) is 0 Å². The zero-order valence-corrected chi connectivity index (χ0v) is 12.8. The van der Waals surface area contributed by atoms with Crippen LogP contribution >= 0.6 is 11.6 Å². The van der Waals surface area contributed by atoms with Gasteiger partial charge in [0.2, 0.25) is 0 Å². The van der Waals surface area contributed by atoms with Crippen molar-refractivity contribution in [2.24, 2.45) is 12.9 Å². The molecular formula is C14H17ClF2N4. The summed E-state index contributed by atoms with van der Waals surface area (Å²) in [6.45, 7) is 3.34. The highest BCUT2D eigenvalue weighted by molar-refractivity contribution is 6.31. The molecule has 114 valence electrons. The van der Waals surface area contributed by atoms with E-state index in [9.17, 15) is 8.78 Å². The summed E-state index contributed by atoms with van der Waals surface area (Å²) in [6, 6.07) is 1.88. The van der Waals surface area contributed by atoms with Gasteiger partial charge in [-0.2, -0.15) is 5.10 Å². The molecule has 2 rings (SSSR count). The van der Waals surface area contributed by atoms with Crippen LogP contribution in [0.4, 0.5) is 8.78 Å². The van der Waals surface area contributed by atoms with Crippen LogP contribution < -0.4 is 11.3 Å². The van der Waals surface area contributed by atoms with E-state index in [1.54, 1.807) is 25.6 Å². The number of nitrogens with zero attached hydrogens (tertiary/aromatic N) is 2. The van der Waals surface area contributed by atoms with Gasteiger partial charge >= 0.3 is 0 Å². The Kier molecular flexibility index (Phi) is 4.61. The Morgan fingerprint density at radius 3 is 2.57 bits per heavy atom. The standard InChI is InChI=1S/C14H17ClF2N4/c1-7-4-5-9(16)12(14(7)17)10(19-18)6-11-13(15)8(2)20-21(11)3/h4-5,10,19H,6,18H2,1-3H3. The molecule has 0 aliphatic heterocycles. The Morgan fingerprint density at radius 1 is 1.38 bits per heavy atom. The van der Waals surface area contributed by atoms with Crippen molar-refractivity contribution in [3.63, 3.8) is 0 Å². The van der Waals surface area contributed by atoms with Gasteiger partial charge in [-0.3, -0.25) is 16.0 Å². The molecule has 1 aromatic carbocycles. The van der Waals surface area contributed by atoms with E-state index in [1.807, 2.05) is 0 Å². The SMILES string of the molecule is Cc1ccc(F)c(C(Cc2c(Cl)c(C)nn2C)NN)c1F. The Hall–Kier alpha value is -1.50. The quantitative estimate of drug-likeness (QED) is 0.674. The van der Waals surface area contributed by atoms with Crippen molar-refractivity contribution in [3.8, 4) is 0 Å². The second kappa shape index (κ2) is 6.09. The number of rotatable bonds is 4. The molecular weight excluding hydrogens is 298 g/mol. The first-order valence-electron chi connectivity index (χ1n) is 6.45. The first kappa shape index (κ1) is 15.9. The summed E-state index contributed by atoms with van der Waals surface area (Å²) in [5.41, 5.74) is 4.06. The Labute approximate surface area is 126 Å². The first-order chi connectivity index (χ1) is 9.86. The summed E-state index contributed by atoms with van der Waals surface area (Å²) in [5.74, 6) is 4.25. The predicted octanol–water partition coefficient (Wildman–Crippen LogP) is 2.72. The maximum atomic E-state index is 14.2. The minimum Gasteiger partial charge on any atom is -0.271 e. The molecule has 0 saturated heterocycles. The number of benzene rings is 1. The van der Waals surface area contributed by atoms with Gasteiger partial charge in [-0.05, 0) is 25.5 Å². The molecule has 0 aliphatic carbocycles. The van der Waals surface area contributed by atoms with E-state index in [4.69, 9.17) is 17.4 Å². The van der Waals surface area contributed by atoms with Crippen LogP contribution in [-0.4, -0.2) is 9.78 Å². The summed E-state index contributed by atoms with van der Waals surface area (Å²) >= 11 is 6.17. The molecule has 21 heavy (non-hydrogen) atoms. The van der Waals surface area contributed by atoms with Crippen molar-refractivity contribution >= 4 is 11.6 Å². The number of hydrogen-bond acceptors (Lipinski definition) is 3. The predicted molar refractivity (Wildman–Crippen MR) is 77.8 cm³/mol. The van der Waals surface area contributed by atoms with Gasteiger partial charge in [0.1, 0.15) is 11.6 Å². The average Bonchev–Trinajstić information content (AvgIpc) is 2.68. The number of halogens is 3. The highest BCUT2D eigenvalue weighted by atomic mass is 35.5. The maximum absolute atomic E-state index is 14.2. The second-order valence-corrected chi connectivity index (χ2v) is 5.36. The number of nitrogens with one attached hydrogen (secondary N) is 1. The topological polar surface area (TPSA) is 55.9 Å². The van der Waals surface area contributed by atoms with Gasteiger partial charge in [0.15, 0.2) is 0 Å². The van der Waals surface area contributed by atoms with Crippen LogP contribution in [0.5, 0.6) is 0 Å². The monoisotopic (exact) mass is 314 g/mol. The van der Waals surface area contributed by atoms with Crippen molar-refractivity contribution in [2.45, 2.75) is 26.3 Å². The van der Waals surface area contributed by atoms with Crippen molar-refractivity contribution in [3.05, 3.63) is 51.3 Å². The number of hydrazine groups is 1. The molecule has 1 aromatic heterocycles. The molecule has 2 aromatic rings. The van der Waals surface area contributed by atoms with Crippen molar-refractivity contribution in [1.82, 2.24) is 15.2 Å². The first-order valence-corrected chi connectivity index (χ1v) is 6.83. The minimum absolute atomic E-state index is 0.0904. The second-order valence-electron chi connectivity index (χ2n) is 4.99. The van der Waals surface area contributed by atoms with E-state index in [0.29, 0.717) is 22.0 Å². The molecule has 3 N–H and O–H groups in total. The van der Waals surface area contributed by atoms with E-state index in [1.165, 1.54) is 12.1 Å². The third-order valence-electron chi connectivity index (χ3n) is 3.53. The molecule has 4 nitrogen and oxygen atoms in total. The number of hydrogen-bond donors (Lipinski definition) is 2. The summed E-state index contributed by atoms with van der Waals surface area (Å²) in [5, 5.41) is 4.66. The van der Waals surface area contributed by atoms with Gasteiger partial charge in [0, 0.05) is 19.0 Å². The van der Waals surface area contributed by atoms with Gasteiger partial charge in [-0.1, -0.05) is 17.7 Å². The Morgan fingerprint density at radius 2 is 2.05 bits per heavy atom. The summed E-state index contributed by atoms with van der Waals surface area (Å²) in [4.78, 5) is 0. The molecule has 0 amide bonds. The van der Waals surface area contributed by atoms with E-state index in [2.05, 4.69) is 10.5 Å². The lowest BCUT2D eigenvalue weighted by atomic mass is 9.99. The fraction of sp³-hybridized carbons (Fsp3) is 0.357. The largest absolute Gasteiger partial charge is 0.271 e. The van der Waals surface area contributed by atoms with E-state index >= 15 is 0 Å². The molecule has 0 spiro atoms. The summed E-state index contributed by atoms with van der Waals surface area (Å²) in [6.07, 6.45) is 0.226. The van der Waals surface area contributed by atoms with Crippen molar-refractivity contribution in [1.29, 1.82) is 0 Å². The third kappa shape index (κ3) is 2.92. The van der Waals surface area contributed by atoms with Crippen molar-refractivity contribution in [2.75, 3.05) is 0 Å². The molecule has 1 heterocycles. The normalized spacial score (nSPS) is 12.7. The number of nitrogens with two attached hydrogens (primary N) is 1. The van der Waals surface area contributed by atoms with Gasteiger partial charge in [0.05, 0.1) is 22.5 Å². The molecule has 1 atom stereocenters. The van der Waals surface area contributed by atoms with Crippen LogP contribution in [0, 0.1) is 25.5 Å². The zero-order chi connectivity index (χ0) is 15.7. The number of aromatic nitrogens is 2. The molecule has 0 fully saturated rings. The average molecular weight is 315 g/mol. The smallest absolute Gasteiger partial charge is 0.133 e. The third-order valence-corrected chi connectivity index (χ3v) is 4.02. The van der Waals surface area contributed by atoms with Crippen LogP contribution in [0.3, 0.4) is 0 Å². The fourth-order valence-corrected chi connectivity index (χ4v) is 2.57. The van der Waals surface area contributed by atoms with Crippen LogP contribution in [-0.2, 0) is 13.5 Å². The highest BCUT2D eigenvalue weighted by Gasteiger charge is 2.24. The van der Waals surface area contributed by atoms with Crippen LogP contribution in [0.2, 0.25) is 5.02 Å². The zero-order valence-electron chi connectivity index (χ0n) is 12.0. The highest BCUT2D eigenvalue weighted by Crippen LogP contribution is 2.29. The molecule has 0 radical (unpaired) electrons. The molecule has 0 aliphatic rings. The van der Waals surface area contributed by atoms with Crippen LogP contribution in [0.15, 0.2) is 12.1 Å². The Bertz CT molecular complexity index is 669. The van der Waals surface area contributed by atoms with Crippen LogP contribution in [0.25, 0.3) is 0 Å². The molecule has 7 heteroatoms. The van der Waals surface area contributed by atoms with Gasteiger partial charge in [-0.25, -0.2) is 8.78 Å². The minimum atomic E-state index is -0.739. The molecule has 1 unspecified atom stereocenters. The van der Waals surface area contributed by atoms with Crippen molar-refractivity contribution < 1.29 is 8.78 Å². The van der Waals surface area contributed by atoms with Gasteiger partial charge < -0.3 is 0 Å². The summed E-state index contributed by atoms with van der Waals surface area (Å²) in [7, 11) is 1.73. The maximum Gasteiger partial charge on any atom is 0.133 e. The lowest BCUT2D eigenvalue weighted by Gasteiger charge is -2.19. The number of aryl methyl sites for hydroxylation is 3. The lowest BCUT2D eigenvalue weighted by Crippen LogP contribution is -2.31. The Balaban J connectivity index is 2.44. The van der Waals surface area contributed by atoms with Crippen LogP contribution in [0.1, 0.15) is 28.6 Å². The molecule has 0 saturated carbocycles. The summed E-state index contributed by atoms with van der Waals surface area (Å²) < 4.78 is 29.8. The van der Waals surface area contributed by atoms with E-state index in [0.717, 1.165) is 0 Å². The fourth-order valence-electron chi connectivity index (χ4n) is 2.34.